The predicted molar refractivity (Wildman–Crippen MR) is 94.4 cm³/mol. The average molecular weight is 345 g/mol. The van der Waals surface area contributed by atoms with Crippen LogP contribution in [0, 0.1) is 0 Å². The van der Waals surface area contributed by atoms with E-state index in [1.807, 2.05) is 24.3 Å². The first-order valence-electron chi connectivity index (χ1n) is 8.08. The Labute approximate surface area is 146 Å². The summed E-state index contributed by atoms with van der Waals surface area (Å²) in [5, 5.41) is 21.8. The number of aliphatic hydroxyl groups excluding tert-OH is 1. The molecule has 0 aliphatic carbocycles. The maximum absolute atomic E-state index is 10.5. The number of nitrogens with two attached hydrogens (primary N) is 1. The quantitative estimate of drug-likeness (QED) is 0.481. The topological polar surface area (TPSA) is 118 Å². The third-order valence-corrected chi connectivity index (χ3v) is 3.63. The lowest BCUT2D eigenvalue weighted by atomic mass is 10.1. The van der Waals surface area contributed by atoms with Crippen LogP contribution in [0.4, 0.5) is 5.82 Å². The summed E-state index contributed by atoms with van der Waals surface area (Å²) in [7, 11) is 0. The lowest BCUT2D eigenvalue weighted by molar-refractivity contribution is -0.136. The molecule has 0 radical (unpaired) electrons. The van der Waals surface area contributed by atoms with Gasteiger partial charge in [-0.3, -0.25) is 4.79 Å². The number of nitrogens with zero attached hydrogens (tertiary/aromatic N) is 1. The second-order valence-electron chi connectivity index (χ2n) is 5.62. The zero-order valence-corrected chi connectivity index (χ0v) is 13.9. The van der Waals surface area contributed by atoms with E-state index in [1.54, 1.807) is 18.3 Å². The van der Waals surface area contributed by atoms with Crippen LogP contribution >= 0.6 is 0 Å². The third-order valence-electron chi connectivity index (χ3n) is 3.63. The number of carbonyl (C=O) groups is 1. The van der Waals surface area contributed by atoms with Gasteiger partial charge in [0.1, 0.15) is 18.2 Å². The average Bonchev–Trinajstić information content (AvgIpc) is 2.61. The molecule has 0 aliphatic heterocycles. The van der Waals surface area contributed by atoms with Gasteiger partial charge in [-0.15, -0.1) is 0 Å². The number of aliphatic hydroxyl groups is 1. The number of benzene rings is 1. The molecule has 1 aromatic carbocycles. The highest BCUT2D eigenvalue weighted by Gasteiger charge is 2.07. The van der Waals surface area contributed by atoms with Crippen molar-refractivity contribution in [1.82, 2.24) is 10.3 Å². The SMILES string of the molecule is Nc1ccc([C@H](O)CNCCOc2ccc(CCC(=O)O)cc2)cn1. The second-order valence-corrected chi connectivity index (χ2v) is 5.62. The Morgan fingerprint density at radius 2 is 2.00 bits per heavy atom. The largest absolute Gasteiger partial charge is 0.492 e. The van der Waals surface area contributed by atoms with Crippen molar-refractivity contribution in [2.45, 2.75) is 18.9 Å². The minimum Gasteiger partial charge on any atom is -0.492 e. The summed E-state index contributed by atoms with van der Waals surface area (Å²) < 4.78 is 5.60. The number of nitrogen functional groups attached to an aromatic ring is 1. The van der Waals surface area contributed by atoms with Crippen LogP contribution in [-0.2, 0) is 11.2 Å². The summed E-state index contributed by atoms with van der Waals surface area (Å²) >= 11 is 0. The fourth-order valence-electron chi connectivity index (χ4n) is 2.22. The highest BCUT2D eigenvalue weighted by atomic mass is 16.5. The summed E-state index contributed by atoms with van der Waals surface area (Å²) in [5.74, 6) is 0.346. The van der Waals surface area contributed by atoms with Crippen molar-refractivity contribution < 1.29 is 19.7 Å². The Hall–Kier alpha value is -2.64. The van der Waals surface area contributed by atoms with Gasteiger partial charge in [-0.25, -0.2) is 4.98 Å². The standard InChI is InChI=1S/C18H23N3O4/c19-17-7-4-14(11-21-17)16(22)12-20-9-10-25-15-5-1-13(2-6-15)3-8-18(23)24/h1-2,4-7,11,16,20,22H,3,8-10,12H2,(H2,19,21)(H,23,24)/t16-/m1/s1. The zero-order chi connectivity index (χ0) is 18.1. The number of rotatable bonds is 10. The van der Waals surface area contributed by atoms with Crippen molar-refractivity contribution in [3.8, 4) is 5.75 Å². The number of anilines is 1. The first kappa shape index (κ1) is 18.7. The summed E-state index contributed by atoms with van der Waals surface area (Å²) in [6, 6.07) is 10.8. The van der Waals surface area contributed by atoms with Gasteiger partial charge in [0.15, 0.2) is 0 Å². The molecule has 2 rings (SSSR count). The van der Waals surface area contributed by atoms with E-state index in [0.29, 0.717) is 37.5 Å². The number of carboxylic acid groups (broad SMARTS) is 1. The van der Waals surface area contributed by atoms with E-state index < -0.39 is 12.1 Å². The van der Waals surface area contributed by atoms with E-state index in [0.717, 1.165) is 11.3 Å². The first-order chi connectivity index (χ1) is 12.0. The Bertz CT molecular complexity index is 659. The van der Waals surface area contributed by atoms with Gasteiger partial charge in [0.2, 0.25) is 0 Å². The lowest BCUT2D eigenvalue weighted by Gasteiger charge is -2.12. The fraction of sp³-hybridized carbons (Fsp3) is 0.333. The van der Waals surface area contributed by atoms with Crippen molar-refractivity contribution in [2.24, 2.45) is 0 Å². The van der Waals surface area contributed by atoms with E-state index in [4.69, 9.17) is 15.6 Å². The third kappa shape index (κ3) is 6.78. The smallest absolute Gasteiger partial charge is 0.303 e. The number of hydrogen-bond acceptors (Lipinski definition) is 6. The Morgan fingerprint density at radius 3 is 2.64 bits per heavy atom. The van der Waals surface area contributed by atoms with E-state index in [2.05, 4.69) is 10.3 Å². The van der Waals surface area contributed by atoms with Crippen molar-refractivity contribution in [3.63, 3.8) is 0 Å². The fourth-order valence-corrected chi connectivity index (χ4v) is 2.22. The van der Waals surface area contributed by atoms with Crippen LogP contribution in [0.15, 0.2) is 42.6 Å². The van der Waals surface area contributed by atoms with Gasteiger partial charge in [-0.05, 0) is 30.2 Å². The number of carboxylic acids is 1. The number of aliphatic carboxylic acids is 1. The minimum absolute atomic E-state index is 0.121. The summed E-state index contributed by atoms with van der Waals surface area (Å²) in [6.07, 6.45) is 1.54. The van der Waals surface area contributed by atoms with Crippen molar-refractivity contribution in [1.29, 1.82) is 0 Å². The molecule has 0 fully saturated rings. The van der Waals surface area contributed by atoms with E-state index in [1.165, 1.54) is 0 Å². The monoisotopic (exact) mass is 345 g/mol. The van der Waals surface area contributed by atoms with Crippen LogP contribution in [-0.4, -0.2) is 40.9 Å². The summed E-state index contributed by atoms with van der Waals surface area (Å²) in [5.41, 5.74) is 7.18. The zero-order valence-electron chi connectivity index (χ0n) is 13.9. The molecule has 0 aliphatic rings. The van der Waals surface area contributed by atoms with Gasteiger partial charge >= 0.3 is 5.97 Å². The van der Waals surface area contributed by atoms with Crippen molar-refractivity contribution in [3.05, 3.63) is 53.7 Å². The molecule has 1 aromatic heterocycles. The molecular formula is C18H23N3O4. The molecule has 0 saturated carbocycles. The molecule has 0 unspecified atom stereocenters. The number of hydrogen-bond donors (Lipinski definition) is 4. The molecule has 134 valence electrons. The normalized spacial score (nSPS) is 11.9. The number of pyridine rings is 1. The number of aromatic nitrogens is 1. The van der Waals surface area contributed by atoms with Gasteiger partial charge in [0.25, 0.3) is 0 Å². The number of nitrogens with one attached hydrogen (secondary N) is 1. The van der Waals surface area contributed by atoms with Crippen LogP contribution in [0.1, 0.15) is 23.7 Å². The molecule has 0 spiro atoms. The Morgan fingerprint density at radius 1 is 1.24 bits per heavy atom. The predicted octanol–water partition coefficient (Wildman–Crippen LogP) is 1.38. The van der Waals surface area contributed by atoms with Crippen LogP contribution < -0.4 is 15.8 Å². The van der Waals surface area contributed by atoms with Crippen molar-refractivity contribution in [2.75, 3.05) is 25.4 Å². The lowest BCUT2D eigenvalue weighted by Crippen LogP contribution is -2.26. The van der Waals surface area contributed by atoms with Crippen LogP contribution in [0.5, 0.6) is 5.75 Å². The summed E-state index contributed by atoms with van der Waals surface area (Å²) in [4.78, 5) is 14.5. The number of aryl methyl sites for hydroxylation is 1. The van der Waals surface area contributed by atoms with Crippen LogP contribution in [0.25, 0.3) is 0 Å². The molecule has 0 amide bonds. The Balaban J connectivity index is 1.64. The van der Waals surface area contributed by atoms with Gasteiger partial charge in [0.05, 0.1) is 6.10 Å². The molecule has 25 heavy (non-hydrogen) atoms. The van der Waals surface area contributed by atoms with Crippen LogP contribution in [0.2, 0.25) is 0 Å². The molecule has 0 bridgehead atoms. The molecule has 0 saturated heterocycles. The maximum atomic E-state index is 10.5. The van der Waals surface area contributed by atoms with Gasteiger partial charge in [-0.1, -0.05) is 18.2 Å². The summed E-state index contributed by atoms with van der Waals surface area (Å²) in [6.45, 7) is 1.44. The van der Waals surface area contributed by atoms with Gasteiger partial charge in [-0.2, -0.15) is 0 Å². The number of ether oxygens (including phenoxy) is 1. The highest BCUT2D eigenvalue weighted by Crippen LogP contribution is 2.14. The maximum Gasteiger partial charge on any atom is 0.303 e. The van der Waals surface area contributed by atoms with Gasteiger partial charge < -0.3 is 26.0 Å². The molecule has 1 atom stereocenters. The van der Waals surface area contributed by atoms with E-state index in [9.17, 15) is 9.90 Å². The molecule has 7 nitrogen and oxygen atoms in total. The molecule has 5 N–H and O–H groups in total. The minimum atomic E-state index is -0.802. The molecule has 7 heteroatoms. The van der Waals surface area contributed by atoms with E-state index in [-0.39, 0.29) is 6.42 Å². The molecule has 2 aromatic rings. The first-order valence-corrected chi connectivity index (χ1v) is 8.08. The van der Waals surface area contributed by atoms with Crippen molar-refractivity contribution >= 4 is 11.8 Å². The Kier molecular flexibility index (Phi) is 7.18. The van der Waals surface area contributed by atoms with Gasteiger partial charge in [0, 0.05) is 31.3 Å². The van der Waals surface area contributed by atoms with Crippen LogP contribution in [0.3, 0.4) is 0 Å². The molecular weight excluding hydrogens is 322 g/mol. The highest BCUT2D eigenvalue weighted by molar-refractivity contribution is 5.67. The second kappa shape index (κ2) is 9.61. The van der Waals surface area contributed by atoms with E-state index >= 15 is 0 Å². The molecule has 1 heterocycles.